The molecule has 0 saturated heterocycles. The summed E-state index contributed by atoms with van der Waals surface area (Å²) in [6.07, 6.45) is 4.58. The van der Waals surface area contributed by atoms with Gasteiger partial charge < -0.3 is 16.4 Å². The third kappa shape index (κ3) is 4.45. The van der Waals surface area contributed by atoms with E-state index in [1.54, 1.807) is 11.3 Å². The van der Waals surface area contributed by atoms with Crippen molar-refractivity contribution in [2.75, 3.05) is 22.9 Å². The first-order chi connectivity index (χ1) is 16.1. The van der Waals surface area contributed by atoms with Gasteiger partial charge in [-0.25, -0.2) is 4.98 Å². The molecule has 1 aliphatic heterocycles. The molecule has 2 aromatic heterocycles. The molecule has 6 nitrogen and oxygen atoms in total. The Kier molecular flexibility index (Phi) is 5.79. The van der Waals surface area contributed by atoms with Gasteiger partial charge in [-0.1, -0.05) is 24.3 Å². The minimum atomic E-state index is -0.0717. The van der Waals surface area contributed by atoms with Gasteiger partial charge in [0.2, 0.25) is 5.91 Å². The van der Waals surface area contributed by atoms with E-state index >= 15 is 0 Å². The Bertz CT molecular complexity index is 1330. The summed E-state index contributed by atoms with van der Waals surface area (Å²) in [5.41, 5.74) is 11.4. The lowest BCUT2D eigenvalue weighted by Crippen LogP contribution is -2.30. The van der Waals surface area contributed by atoms with Crippen molar-refractivity contribution >= 4 is 50.7 Å². The van der Waals surface area contributed by atoms with E-state index in [0.717, 1.165) is 46.7 Å². The van der Waals surface area contributed by atoms with Crippen LogP contribution in [0.2, 0.25) is 0 Å². The number of nitrogen functional groups attached to an aromatic ring is 1. The van der Waals surface area contributed by atoms with Gasteiger partial charge in [0.15, 0.2) is 6.21 Å². The lowest BCUT2D eigenvalue weighted by atomic mass is 10.0. The van der Waals surface area contributed by atoms with Gasteiger partial charge in [-0.05, 0) is 60.5 Å². The van der Waals surface area contributed by atoms with Crippen LogP contribution in [0.25, 0.3) is 20.5 Å². The zero-order valence-electron chi connectivity index (χ0n) is 18.2. The Balaban J connectivity index is 1.34. The number of nitrogens with two attached hydrogens (primary N) is 2. The molecule has 0 aliphatic carbocycles. The number of fused-ring (bicyclic) bond motifs is 2. The number of hydrogen-bond acceptors (Lipinski definition) is 5. The molecule has 0 radical (unpaired) electrons. The molecular weight excluding hydrogens is 430 g/mol. The first-order valence-electron chi connectivity index (χ1n) is 11.1. The van der Waals surface area contributed by atoms with E-state index in [-0.39, 0.29) is 5.91 Å². The van der Waals surface area contributed by atoms with Gasteiger partial charge in [0, 0.05) is 39.5 Å². The first-order valence-corrected chi connectivity index (χ1v) is 11.9. The number of amides is 1. The van der Waals surface area contributed by atoms with E-state index in [4.69, 9.17) is 11.1 Å². The number of carbonyl (C=O) groups excluding carboxylic acids is 1. The van der Waals surface area contributed by atoms with Crippen molar-refractivity contribution in [1.82, 2.24) is 4.98 Å². The van der Waals surface area contributed by atoms with Crippen molar-refractivity contribution in [2.24, 2.45) is 0 Å². The normalized spacial score (nSPS) is 12.7. The van der Waals surface area contributed by atoms with Crippen LogP contribution < -0.4 is 21.8 Å². The highest BCUT2D eigenvalue weighted by Crippen LogP contribution is 2.38. The van der Waals surface area contributed by atoms with Gasteiger partial charge in [0.1, 0.15) is 5.82 Å². The topological polar surface area (TPSA) is 106 Å². The molecule has 166 valence electrons. The second-order valence-electron chi connectivity index (χ2n) is 8.23. The second kappa shape index (κ2) is 9.03. The summed E-state index contributed by atoms with van der Waals surface area (Å²) in [5.74, 6) is 0.881. The fraction of sp³-hybridized carbons (Fsp3) is 0.192. The van der Waals surface area contributed by atoms with Crippen LogP contribution in [-0.2, 0) is 17.6 Å². The zero-order chi connectivity index (χ0) is 22.8. The Morgan fingerprint density at radius 3 is 2.94 bits per heavy atom. The number of anilines is 3. The summed E-state index contributed by atoms with van der Waals surface area (Å²) in [6.45, 7) is 0.948. The molecule has 1 aliphatic rings. The highest BCUT2D eigenvalue weighted by atomic mass is 32.1. The molecule has 7 heteroatoms. The average molecular weight is 457 g/mol. The Labute approximate surface area is 196 Å². The highest BCUT2D eigenvalue weighted by molar-refractivity contribution is 7.22. The van der Waals surface area contributed by atoms with E-state index in [1.807, 2.05) is 30.3 Å². The Morgan fingerprint density at radius 1 is 1.21 bits per heavy atom. The summed E-state index contributed by atoms with van der Waals surface area (Å²) >= 11 is 1.67. The van der Waals surface area contributed by atoms with Crippen LogP contribution >= 0.6 is 11.3 Å². The third-order valence-electron chi connectivity index (χ3n) is 5.93. The summed E-state index contributed by atoms with van der Waals surface area (Å²) < 4.78 is 1.19. The van der Waals surface area contributed by atoms with E-state index in [9.17, 15) is 4.79 Å². The van der Waals surface area contributed by atoms with Crippen molar-refractivity contribution in [2.45, 2.75) is 25.7 Å². The quantitative estimate of drug-likeness (QED) is 0.262. The number of pyridine rings is 1. The summed E-state index contributed by atoms with van der Waals surface area (Å²) in [6, 6.07) is 18.2. The molecule has 1 amide bonds. The number of nitrogens with zero attached hydrogens (tertiary/aromatic N) is 1. The number of hydrogen-bond donors (Lipinski definition) is 4. The molecule has 2 aromatic carbocycles. The largest absolute Gasteiger partial charge is 0.398 e. The van der Waals surface area contributed by atoms with Gasteiger partial charge in [-0.15, -0.1) is 11.3 Å². The average Bonchev–Trinajstić information content (AvgIpc) is 3.27. The molecule has 4 aromatic rings. The van der Waals surface area contributed by atoms with Crippen LogP contribution in [-0.4, -0.2) is 23.7 Å². The van der Waals surface area contributed by atoms with E-state index < -0.39 is 0 Å². The zero-order valence-corrected chi connectivity index (χ0v) is 19.0. The van der Waals surface area contributed by atoms with Crippen molar-refractivity contribution < 1.29 is 10.2 Å². The number of thiophene rings is 1. The molecule has 0 saturated carbocycles. The predicted molar refractivity (Wildman–Crippen MR) is 137 cm³/mol. The number of aromatic nitrogens is 1. The molecule has 3 heterocycles. The molecule has 0 fully saturated rings. The first kappa shape index (κ1) is 21.2. The van der Waals surface area contributed by atoms with Crippen LogP contribution in [0.5, 0.6) is 0 Å². The van der Waals surface area contributed by atoms with Crippen LogP contribution in [0, 0.1) is 0 Å². The number of aryl methyl sites for hydroxylation is 2. The van der Waals surface area contributed by atoms with E-state index in [1.165, 1.54) is 16.5 Å². The number of nitrogens with one attached hydrogen (secondary N) is 2. The molecule has 0 unspecified atom stereocenters. The van der Waals surface area contributed by atoms with Crippen molar-refractivity contribution in [3.63, 3.8) is 0 Å². The van der Waals surface area contributed by atoms with E-state index in [0.29, 0.717) is 29.8 Å². The van der Waals surface area contributed by atoms with Crippen molar-refractivity contribution in [3.8, 4) is 10.4 Å². The second-order valence-corrected chi connectivity index (χ2v) is 9.31. The Hall–Kier alpha value is -3.71. The monoisotopic (exact) mass is 456 g/mol. The maximum atomic E-state index is 12.7. The molecule has 0 atom stereocenters. The minimum absolute atomic E-state index is 0.0717. The smallest absolute Gasteiger partial charge is 0.224 e. The SMILES string of the molecule is Nc1c(C=[NH2+])cc(NC(=O)CCc2ccc3c(n2)NCCC3)cc1-c1cc2ccccc2s1. The minimum Gasteiger partial charge on any atom is -0.398 e. The molecular formula is C26H26N5OS+. The standard InChI is InChI=1S/C26H25N5OS/c27-15-18-12-20(14-21(25(18)28)23-13-17-4-1-2-6-22(17)33-23)30-24(32)10-9-19-8-7-16-5-3-11-29-26(16)31-19/h1-2,4,6-8,12-15,27H,3,5,9-11,28H2,(H,29,31)(H,30,32)/p+1. The lowest BCUT2D eigenvalue weighted by Gasteiger charge is -2.17. The fourth-order valence-electron chi connectivity index (χ4n) is 4.18. The maximum absolute atomic E-state index is 12.7. The molecule has 0 spiro atoms. The van der Waals surface area contributed by atoms with Crippen LogP contribution in [0.15, 0.2) is 54.6 Å². The third-order valence-corrected chi connectivity index (χ3v) is 7.08. The van der Waals surface area contributed by atoms with Crippen LogP contribution in [0.4, 0.5) is 17.2 Å². The van der Waals surface area contributed by atoms with E-state index in [2.05, 4.69) is 39.9 Å². The van der Waals surface area contributed by atoms with Gasteiger partial charge in [0.05, 0.1) is 11.3 Å². The maximum Gasteiger partial charge on any atom is 0.224 e. The molecule has 6 N–H and O–H groups in total. The summed E-state index contributed by atoms with van der Waals surface area (Å²) in [5, 5.41) is 13.4. The lowest BCUT2D eigenvalue weighted by molar-refractivity contribution is -0.116. The number of benzene rings is 2. The van der Waals surface area contributed by atoms with Crippen LogP contribution in [0.1, 0.15) is 29.7 Å². The van der Waals surface area contributed by atoms with Gasteiger partial charge in [-0.2, -0.15) is 0 Å². The predicted octanol–water partition coefficient (Wildman–Crippen LogP) is 3.65. The number of rotatable bonds is 6. The number of carbonyl (C=O) groups is 1. The highest BCUT2D eigenvalue weighted by Gasteiger charge is 2.15. The van der Waals surface area contributed by atoms with Crippen molar-refractivity contribution in [3.05, 3.63) is 71.4 Å². The van der Waals surface area contributed by atoms with Gasteiger partial charge in [0.25, 0.3) is 0 Å². The summed E-state index contributed by atoms with van der Waals surface area (Å²) in [4.78, 5) is 18.4. The van der Waals surface area contributed by atoms with Crippen LogP contribution in [0.3, 0.4) is 0 Å². The van der Waals surface area contributed by atoms with Gasteiger partial charge >= 0.3 is 0 Å². The Morgan fingerprint density at radius 2 is 2.09 bits per heavy atom. The fourth-order valence-corrected chi connectivity index (χ4v) is 5.27. The van der Waals surface area contributed by atoms with Crippen molar-refractivity contribution in [1.29, 1.82) is 0 Å². The molecule has 0 bridgehead atoms. The summed E-state index contributed by atoms with van der Waals surface area (Å²) in [7, 11) is 0. The molecule has 33 heavy (non-hydrogen) atoms. The molecule has 5 rings (SSSR count). The van der Waals surface area contributed by atoms with Gasteiger partial charge in [-0.3, -0.25) is 10.2 Å².